The predicted molar refractivity (Wildman–Crippen MR) is 87.2 cm³/mol. The molecule has 0 bridgehead atoms. The first-order chi connectivity index (χ1) is 12.3. The van der Waals surface area contributed by atoms with Crippen molar-refractivity contribution in [2.24, 2.45) is 5.92 Å². The number of hydrogen-bond acceptors (Lipinski definition) is 4. The van der Waals surface area contributed by atoms with E-state index in [9.17, 15) is 18.0 Å². The van der Waals surface area contributed by atoms with Gasteiger partial charge < -0.3 is 9.42 Å². The van der Waals surface area contributed by atoms with E-state index in [1.807, 2.05) is 0 Å². The zero-order valence-electron chi connectivity index (χ0n) is 14.4. The van der Waals surface area contributed by atoms with Crippen LogP contribution in [0.25, 0.3) is 0 Å². The van der Waals surface area contributed by atoms with E-state index >= 15 is 0 Å². The lowest BCUT2D eigenvalue weighted by molar-refractivity contribution is -0.137. The van der Waals surface area contributed by atoms with Gasteiger partial charge in [0, 0.05) is 26.4 Å². The Balaban J connectivity index is 1.49. The summed E-state index contributed by atoms with van der Waals surface area (Å²) in [4.78, 5) is 18.4. The van der Waals surface area contributed by atoms with Gasteiger partial charge in [0.25, 0.3) is 0 Å². The van der Waals surface area contributed by atoms with Crippen LogP contribution in [-0.4, -0.2) is 34.0 Å². The Labute approximate surface area is 149 Å². The monoisotopic (exact) mass is 367 g/mol. The summed E-state index contributed by atoms with van der Waals surface area (Å²) in [6.45, 7) is 3.03. The first-order valence-corrected chi connectivity index (χ1v) is 8.54. The van der Waals surface area contributed by atoms with Crippen LogP contribution in [0.2, 0.25) is 0 Å². The molecule has 1 aliphatic rings. The Kier molecular flexibility index (Phi) is 5.29. The number of carbonyl (C=O) groups is 1. The maximum atomic E-state index is 12.6. The summed E-state index contributed by atoms with van der Waals surface area (Å²) in [6.07, 6.45) is -1.80. The SMILES string of the molecule is Cc1nc(CC2CCN(C(=O)Cc3ccc(C(F)(F)F)cc3)CC2)no1. The molecule has 2 heterocycles. The maximum absolute atomic E-state index is 12.6. The predicted octanol–water partition coefficient (Wildman–Crippen LogP) is 3.42. The fourth-order valence-corrected chi connectivity index (χ4v) is 3.17. The van der Waals surface area contributed by atoms with Gasteiger partial charge in [-0.05, 0) is 36.5 Å². The molecule has 0 saturated carbocycles. The van der Waals surface area contributed by atoms with Gasteiger partial charge in [0.05, 0.1) is 12.0 Å². The van der Waals surface area contributed by atoms with Gasteiger partial charge in [-0.2, -0.15) is 18.2 Å². The van der Waals surface area contributed by atoms with Gasteiger partial charge in [-0.15, -0.1) is 0 Å². The molecule has 5 nitrogen and oxygen atoms in total. The van der Waals surface area contributed by atoms with Gasteiger partial charge in [0.2, 0.25) is 11.8 Å². The van der Waals surface area contributed by atoms with Crippen LogP contribution in [0.1, 0.15) is 35.7 Å². The molecule has 0 radical (unpaired) electrons. The molecule has 0 aliphatic carbocycles. The van der Waals surface area contributed by atoms with Crippen molar-refractivity contribution in [3.05, 3.63) is 47.1 Å². The summed E-state index contributed by atoms with van der Waals surface area (Å²) < 4.78 is 42.7. The summed E-state index contributed by atoms with van der Waals surface area (Å²) >= 11 is 0. The van der Waals surface area contributed by atoms with Crippen LogP contribution in [0.4, 0.5) is 13.2 Å². The van der Waals surface area contributed by atoms with Crippen LogP contribution < -0.4 is 0 Å². The molecule has 2 aromatic rings. The fraction of sp³-hybridized carbons (Fsp3) is 0.500. The normalized spacial score (nSPS) is 16.1. The second kappa shape index (κ2) is 7.47. The minimum atomic E-state index is -4.36. The number of rotatable bonds is 4. The van der Waals surface area contributed by atoms with Gasteiger partial charge in [-0.1, -0.05) is 17.3 Å². The first kappa shape index (κ1) is 18.4. The third-order valence-electron chi connectivity index (χ3n) is 4.64. The van der Waals surface area contributed by atoms with E-state index < -0.39 is 11.7 Å². The number of likely N-dealkylation sites (tertiary alicyclic amines) is 1. The Bertz CT molecular complexity index is 748. The van der Waals surface area contributed by atoms with Gasteiger partial charge in [0.15, 0.2) is 5.82 Å². The second-order valence-electron chi connectivity index (χ2n) is 6.63. The highest BCUT2D eigenvalue weighted by Crippen LogP contribution is 2.29. The minimum absolute atomic E-state index is 0.0568. The summed E-state index contributed by atoms with van der Waals surface area (Å²) in [7, 11) is 0. The first-order valence-electron chi connectivity index (χ1n) is 8.54. The Morgan fingerprint density at radius 1 is 1.23 bits per heavy atom. The average Bonchev–Trinajstić information content (AvgIpc) is 3.00. The lowest BCUT2D eigenvalue weighted by atomic mass is 9.93. The zero-order valence-corrected chi connectivity index (χ0v) is 14.4. The van der Waals surface area contributed by atoms with E-state index in [4.69, 9.17) is 4.52 Å². The number of nitrogens with zero attached hydrogens (tertiary/aromatic N) is 3. The van der Waals surface area contributed by atoms with Crippen molar-refractivity contribution in [3.63, 3.8) is 0 Å². The maximum Gasteiger partial charge on any atom is 0.416 e. The van der Waals surface area contributed by atoms with Crippen molar-refractivity contribution >= 4 is 5.91 Å². The number of halogens is 3. The quantitative estimate of drug-likeness (QED) is 0.831. The van der Waals surface area contributed by atoms with Crippen molar-refractivity contribution in [2.45, 2.75) is 38.8 Å². The van der Waals surface area contributed by atoms with E-state index in [1.54, 1.807) is 11.8 Å². The number of aryl methyl sites for hydroxylation is 1. The van der Waals surface area contributed by atoms with Crippen LogP contribution in [0.15, 0.2) is 28.8 Å². The summed E-state index contributed by atoms with van der Waals surface area (Å²) in [6, 6.07) is 4.77. The Hall–Kier alpha value is -2.38. The molecule has 1 aliphatic heterocycles. The molecule has 1 saturated heterocycles. The third-order valence-corrected chi connectivity index (χ3v) is 4.64. The Morgan fingerprint density at radius 3 is 2.42 bits per heavy atom. The minimum Gasteiger partial charge on any atom is -0.342 e. The lowest BCUT2D eigenvalue weighted by Crippen LogP contribution is -2.39. The van der Waals surface area contributed by atoms with Crippen molar-refractivity contribution in [2.75, 3.05) is 13.1 Å². The summed E-state index contributed by atoms with van der Waals surface area (Å²) in [5.74, 6) is 1.59. The number of carbonyl (C=O) groups excluding carboxylic acids is 1. The smallest absolute Gasteiger partial charge is 0.342 e. The number of hydrogen-bond donors (Lipinski definition) is 0. The van der Waals surface area contributed by atoms with Crippen molar-refractivity contribution in [3.8, 4) is 0 Å². The van der Waals surface area contributed by atoms with Gasteiger partial charge >= 0.3 is 6.18 Å². The number of amides is 1. The van der Waals surface area contributed by atoms with Crippen molar-refractivity contribution in [1.82, 2.24) is 15.0 Å². The molecule has 26 heavy (non-hydrogen) atoms. The number of aromatic nitrogens is 2. The molecular formula is C18H20F3N3O2. The van der Waals surface area contributed by atoms with Crippen molar-refractivity contribution < 1.29 is 22.5 Å². The van der Waals surface area contributed by atoms with Gasteiger partial charge in [-0.25, -0.2) is 0 Å². The molecule has 1 aromatic carbocycles. The van der Waals surface area contributed by atoms with Crippen LogP contribution in [0.3, 0.4) is 0 Å². The molecule has 0 N–H and O–H groups in total. The molecule has 0 unspecified atom stereocenters. The lowest BCUT2D eigenvalue weighted by Gasteiger charge is -2.31. The molecule has 8 heteroatoms. The molecule has 3 rings (SSSR count). The number of piperidine rings is 1. The molecule has 0 spiro atoms. The van der Waals surface area contributed by atoms with Gasteiger partial charge in [-0.3, -0.25) is 4.79 Å². The molecule has 0 atom stereocenters. The largest absolute Gasteiger partial charge is 0.416 e. The van der Waals surface area contributed by atoms with Crippen LogP contribution in [0.5, 0.6) is 0 Å². The van der Waals surface area contributed by atoms with E-state index in [2.05, 4.69) is 10.1 Å². The molecule has 1 aromatic heterocycles. The Morgan fingerprint density at radius 2 is 1.88 bits per heavy atom. The van der Waals surface area contributed by atoms with Gasteiger partial charge in [0.1, 0.15) is 0 Å². The molecule has 1 fully saturated rings. The van der Waals surface area contributed by atoms with E-state index in [1.165, 1.54) is 12.1 Å². The topological polar surface area (TPSA) is 59.2 Å². The summed E-state index contributed by atoms with van der Waals surface area (Å²) in [5, 5.41) is 3.90. The second-order valence-corrected chi connectivity index (χ2v) is 6.63. The summed E-state index contributed by atoms with van der Waals surface area (Å²) in [5.41, 5.74) is -0.112. The molecule has 1 amide bonds. The van der Waals surface area contributed by atoms with E-state index in [0.717, 1.165) is 31.4 Å². The fourth-order valence-electron chi connectivity index (χ4n) is 3.17. The average molecular weight is 367 g/mol. The number of alkyl halides is 3. The van der Waals surface area contributed by atoms with E-state index in [-0.39, 0.29) is 12.3 Å². The van der Waals surface area contributed by atoms with Crippen LogP contribution in [0, 0.1) is 12.8 Å². The highest BCUT2D eigenvalue weighted by molar-refractivity contribution is 5.78. The molecular weight excluding hydrogens is 347 g/mol. The highest BCUT2D eigenvalue weighted by Gasteiger charge is 2.30. The highest BCUT2D eigenvalue weighted by atomic mass is 19.4. The van der Waals surface area contributed by atoms with Crippen LogP contribution >= 0.6 is 0 Å². The van der Waals surface area contributed by atoms with Crippen LogP contribution in [-0.2, 0) is 23.8 Å². The number of benzene rings is 1. The zero-order chi connectivity index (χ0) is 18.7. The molecule has 140 valence electrons. The standard InChI is InChI=1S/C18H20F3N3O2/c1-12-22-16(23-26-12)10-14-6-8-24(9-7-14)17(25)11-13-2-4-15(5-3-13)18(19,20)21/h2-5,14H,6-11H2,1H3. The van der Waals surface area contributed by atoms with E-state index in [0.29, 0.717) is 36.3 Å². The van der Waals surface area contributed by atoms with Crippen molar-refractivity contribution in [1.29, 1.82) is 0 Å². The third kappa shape index (κ3) is 4.62.